The number of ketones is 1. The molecule has 0 saturated heterocycles. The van der Waals surface area contributed by atoms with Gasteiger partial charge in [-0.2, -0.15) is 0 Å². The zero-order valence-electron chi connectivity index (χ0n) is 14.3. The predicted octanol–water partition coefficient (Wildman–Crippen LogP) is 5.10. The number of nitrogens with two attached hydrogens (primary N) is 1. The molecule has 0 unspecified atom stereocenters. The Morgan fingerprint density at radius 1 is 1.30 bits per heavy atom. The van der Waals surface area contributed by atoms with Crippen molar-refractivity contribution < 1.29 is 4.79 Å². The molecule has 3 heteroatoms. The van der Waals surface area contributed by atoms with E-state index < -0.39 is 0 Å². The largest absolute Gasteiger partial charge is 0.405 e. The molecule has 0 aliphatic rings. The van der Waals surface area contributed by atoms with Crippen LogP contribution in [0, 0.1) is 13.8 Å². The van der Waals surface area contributed by atoms with Crippen molar-refractivity contribution in [2.45, 2.75) is 27.7 Å². The van der Waals surface area contributed by atoms with Crippen molar-refractivity contribution in [2.75, 3.05) is 5.75 Å². The van der Waals surface area contributed by atoms with Crippen molar-refractivity contribution in [3.63, 3.8) is 0 Å². The van der Waals surface area contributed by atoms with Crippen LogP contribution in [0.15, 0.2) is 65.3 Å². The summed E-state index contributed by atoms with van der Waals surface area (Å²) in [6.45, 7) is 11.8. The predicted molar refractivity (Wildman–Crippen MR) is 103 cm³/mol. The lowest BCUT2D eigenvalue weighted by molar-refractivity contribution is 0.103. The normalized spacial score (nSPS) is 13.1. The van der Waals surface area contributed by atoms with Crippen LogP contribution >= 0.6 is 11.8 Å². The van der Waals surface area contributed by atoms with Gasteiger partial charge in [-0.1, -0.05) is 37.8 Å². The Morgan fingerprint density at radius 2 is 2.00 bits per heavy atom. The Bertz CT molecular complexity index is 681. The zero-order chi connectivity index (χ0) is 17.4. The summed E-state index contributed by atoms with van der Waals surface area (Å²) >= 11 is 1.66. The Morgan fingerprint density at radius 3 is 2.52 bits per heavy atom. The van der Waals surface area contributed by atoms with Crippen molar-refractivity contribution >= 4 is 17.5 Å². The van der Waals surface area contributed by atoms with Gasteiger partial charge < -0.3 is 5.73 Å². The molecule has 0 aliphatic carbocycles. The molecule has 0 bridgehead atoms. The molecule has 122 valence electrons. The van der Waals surface area contributed by atoms with Crippen LogP contribution in [0.2, 0.25) is 0 Å². The minimum absolute atomic E-state index is 0.0118. The van der Waals surface area contributed by atoms with Gasteiger partial charge in [0, 0.05) is 11.1 Å². The minimum Gasteiger partial charge on any atom is -0.405 e. The smallest absolute Gasteiger partial charge is 0.194 e. The van der Waals surface area contributed by atoms with Crippen LogP contribution in [0.3, 0.4) is 0 Å². The fourth-order valence-corrected chi connectivity index (χ4v) is 3.05. The van der Waals surface area contributed by atoms with Gasteiger partial charge in [-0.15, -0.1) is 11.8 Å². The average Bonchev–Trinajstić information content (AvgIpc) is 2.51. The third-order valence-electron chi connectivity index (χ3n) is 3.57. The molecule has 0 amide bonds. The summed E-state index contributed by atoms with van der Waals surface area (Å²) in [4.78, 5) is 14.1. The Hall–Kier alpha value is -2.00. The summed E-state index contributed by atoms with van der Waals surface area (Å²) in [7, 11) is 0. The van der Waals surface area contributed by atoms with Crippen molar-refractivity contribution in [1.29, 1.82) is 0 Å². The topological polar surface area (TPSA) is 43.1 Å². The first kappa shape index (κ1) is 19.0. The zero-order valence-corrected chi connectivity index (χ0v) is 15.2. The van der Waals surface area contributed by atoms with E-state index in [1.807, 2.05) is 45.0 Å². The van der Waals surface area contributed by atoms with E-state index in [0.29, 0.717) is 11.1 Å². The molecule has 0 atom stereocenters. The molecule has 0 aromatic heterocycles. The van der Waals surface area contributed by atoms with Gasteiger partial charge >= 0.3 is 0 Å². The summed E-state index contributed by atoms with van der Waals surface area (Å²) in [6, 6.07) is 5.81. The molecule has 1 aromatic rings. The van der Waals surface area contributed by atoms with E-state index in [1.54, 1.807) is 23.9 Å². The third-order valence-corrected chi connectivity index (χ3v) is 4.50. The quantitative estimate of drug-likeness (QED) is 0.430. The maximum Gasteiger partial charge on any atom is 0.194 e. The number of allylic oxidation sites excluding steroid dienone is 6. The van der Waals surface area contributed by atoms with Gasteiger partial charge in [0.1, 0.15) is 0 Å². The number of carbonyl (C=O) groups is 1. The molecule has 23 heavy (non-hydrogen) atoms. The van der Waals surface area contributed by atoms with Crippen molar-refractivity contribution in [3.05, 3.63) is 81.9 Å². The van der Waals surface area contributed by atoms with Gasteiger partial charge in [0.05, 0.1) is 0 Å². The molecule has 0 heterocycles. The van der Waals surface area contributed by atoms with Gasteiger partial charge in [0.2, 0.25) is 0 Å². The lowest BCUT2D eigenvalue weighted by Gasteiger charge is -2.13. The van der Waals surface area contributed by atoms with Crippen molar-refractivity contribution in [1.82, 2.24) is 0 Å². The van der Waals surface area contributed by atoms with Gasteiger partial charge in [-0.3, -0.25) is 4.79 Å². The van der Waals surface area contributed by atoms with E-state index in [-0.39, 0.29) is 5.78 Å². The summed E-state index contributed by atoms with van der Waals surface area (Å²) in [5, 5.41) is 0. The van der Waals surface area contributed by atoms with E-state index in [0.717, 1.165) is 21.8 Å². The highest BCUT2D eigenvalue weighted by Crippen LogP contribution is 2.28. The highest BCUT2D eigenvalue weighted by Gasteiger charge is 2.18. The standard InChI is InChI=1S/C20H25NOS/c1-6-8-17(11-12-21)19(16(5)23-7-2)20(22)18-10-9-14(3)15(4)13-18/h6,8-13H,1,7,21H2,2-5H3/b12-11-,17-8+,19-16-. The van der Waals surface area contributed by atoms with Crippen LogP contribution in [0.4, 0.5) is 0 Å². The van der Waals surface area contributed by atoms with Gasteiger partial charge in [0.25, 0.3) is 0 Å². The number of aryl methyl sites for hydroxylation is 2. The molecule has 2 N–H and O–H groups in total. The highest BCUT2D eigenvalue weighted by molar-refractivity contribution is 8.03. The summed E-state index contributed by atoms with van der Waals surface area (Å²) in [6.07, 6.45) is 6.69. The van der Waals surface area contributed by atoms with E-state index in [2.05, 4.69) is 13.5 Å². The average molecular weight is 327 g/mol. The molecule has 1 rings (SSSR count). The summed E-state index contributed by atoms with van der Waals surface area (Å²) < 4.78 is 0. The first-order chi connectivity index (χ1) is 11.0. The monoisotopic (exact) mass is 327 g/mol. The van der Waals surface area contributed by atoms with Crippen LogP contribution in [0.5, 0.6) is 0 Å². The van der Waals surface area contributed by atoms with Crippen LogP contribution in [-0.4, -0.2) is 11.5 Å². The van der Waals surface area contributed by atoms with E-state index in [4.69, 9.17) is 5.73 Å². The lowest BCUT2D eigenvalue weighted by Crippen LogP contribution is -2.08. The minimum atomic E-state index is 0.0118. The number of hydrogen-bond acceptors (Lipinski definition) is 3. The molecule has 0 saturated carbocycles. The van der Waals surface area contributed by atoms with Crippen LogP contribution in [0.25, 0.3) is 0 Å². The van der Waals surface area contributed by atoms with Crippen molar-refractivity contribution in [2.24, 2.45) is 5.73 Å². The van der Waals surface area contributed by atoms with E-state index in [1.165, 1.54) is 11.8 Å². The number of benzene rings is 1. The maximum atomic E-state index is 13.1. The number of Topliss-reactive ketones (excluding diaryl/α,β-unsaturated/α-hetero) is 1. The maximum absolute atomic E-state index is 13.1. The molecule has 0 radical (unpaired) electrons. The second-order valence-corrected chi connectivity index (χ2v) is 6.69. The fourth-order valence-electron chi connectivity index (χ4n) is 2.26. The summed E-state index contributed by atoms with van der Waals surface area (Å²) in [5.74, 6) is 0.918. The second-order valence-electron chi connectivity index (χ2n) is 5.21. The first-order valence-corrected chi connectivity index (χ1v) is 8.61. The molecule has 0 aliphatic heterocycles. The second kappa shape index (κ2) is 9.21. The van der Waals surface area contributed by atoms with E-state index >= 15 is 0 Å². The number of hydrogen-bond donors (Lipinski definition) is 1. The SMILES string of the molecule is C=C/C=C(\C=C/N)C(/C(=O)c1ccc(C)c(C)c1)=C(\C)SCC. The highest BCUT2D eigenvalue weighted by atomic mass is 32.2. The van der Waals surface area contributed by atoms with E-state index in [9.17, 15) is 4.79 Å². The van der Waals surface area contributed by atoms with Gasteiger partial charge in [-0.25, -0.2) is 0 Å². The third kappa shape index (κ3) is 5.00. The van der Waals surface area contributed by atoms with Crippen LogP contribution in [0.1, 0.15) is 35.3 Å². The number of rotatable bonds is 7. The Labute approximate surface area is 143 Å². The van der Waals surface area contributed by atoms with Crippen LogP contribution < -0.4 is 5.73 Å². The van der Waals surface area contributed by atoms with Crippen molar-refractivity contribution in [3.8, 4) is 0 Å². The Kier molecular flexibility index (Phi) is 7.63. The van der Waals surface area contributed by atoms with Gasteiger partial charge in [-0.05, 0) is 66.5 Å². The molecule has 0 spiro atoms. The Balaban J connectivity index is 3.48. The molecule has 2 nitrogen and oxygen atoms in total. The molecular weight excluding hydrogens is 302 g/mol. The molecule has 0 fully saturated rings. The fraction of sp³-hybridized carbons (Fsp3) is 0.250. The first-order valence-electron chi connectivity index (χ1n) is 7.63. The molecular formula is C20H25NOS. The summed E-state index contributed by atoms with van der Waals surface area (Å²) in [5.41, 5.74) is 10.0. The van der Waals surface area contributed by atoms with Gasteiger partial charge in [0.15, 0.2) is 5.78 Å². The lowest BCUT2D eigenvalue weighted by atomic mass is 9.94. The molecule has 1 aromatic carbocycles. The number of carbonyl (C=O) groups excluding carboxylic acids is 1. The van der Waals surface area contributed by atoms with Crippen LogP contribution in [-0.2, 0) is 0 Å². The number of thioether (sulfide) groups is 1.